The highest BCUT2D eigenvalue weighted by molar-refractivity contribution is 5.81. The fraction of sp³-hybridized carbons (Fsp3) is 0.667. The summed E-state index contributed by atoms with van der Waals surface area (Å²) in [5.74, 6) is 4.50. The minimum atomic E-state index is -1.07. The molecule has 1 amide bonds. The monoisotopic (exact) mass is 239 g/mol. The minimum absolute atomic E-state index is 0.132. The van der Waals surface area contributed by atoms with Crippen LogP contribution in [0.4, 0.5) is 0 Å². The molecule has 0 saturated heterocycles. The van der Waals surface area contributed by atoms with Crippen molar-refractivity contribution in [1.29, 1.82) is 0 Å². The lowest BCUT2D eigenvalue weighted by molar-refractivity contribution is -0.138. The molecule has 0 bridgehead atoms. The Kier molecular flexibility index (Phi) is 6.12. The molecule has 0 saturated carbocycles. The van der Waals surface area contributed by atoms with E-state index in [4.69, 9.17) is 9.84 Å². The van der Waals surface area contributed by atoms with Crippen LogP contribution in [-0.4, -0.2) is 36.2 Å². The topological polar surface area (TPSA) is 75.6 Å². The molecular weight excluding hydrogens is 222 g/mol. The Labute approximate surface area is 101 Å². The normalized spacial score (nSPS) is 19.4. The number of nitrogens with one attached hydrogen (secondary N) is 1. The van der Waals surface area contributed by atoms with Crippen molar-refractivity contribution in [2.75, 3.05) is 13.2 Å². The van der Waals surface area contributed by atoms with E-state index in [1.54, 1.807) is 0 Å². The number of rotatable bonds is 5. The van der Waals surface area contributed by atoms with Crippen LogP contribution in [0.2, 0.25) is 0 Å². The molecule has 1 atom stereocenters. The minimum Gasteiger partial charge on any atom is -0.480 e. The summed E-state index contributed by atoms with van der Waals surface area (Å²) in [7, 11) is 0. The van der Waals surface area contributed by atoms with Crippen LogP contribution in [0.25, 0.3) is 0 Å². The van der Waals surface area contributed by atoms with E-state index in [1.165, 1.54) is 0 Å². The standard InChI is InChI=1S/C12H17NO4/c14-11(13-8-12(15)16)9-17-10-6-4-2-1-3-5-7-10/h10H,1-4,6,8-9H2,(H,13,14)(H,15,16). The highest BCUT2D eigenvalue weighted by Crippen LogP contribution is 2.10. The number of carboxylic acids is 1. The maximum atomic E-state index is 11.2. The molecule has 1 unspecified atom stereocenters. The maximum absolute atomic E-state index is 11.2. The molecule has 0 spiro atoms. The van der Waals surface area contributed by atoms with Crippen LogP contribution in [0.1, 0.15) is 32.1 Å². The molecule has 0 aliphatic heterocycles. The van der Waals surface area contributed by atoms with Gasteiger partial charge in [0.2, 0.25) is 5.91 Å². The van der Waals surface area contributed by atoms with E-state index in [-0.39, 0.29) is 19.3 Å². The van der Waals surface area contributed by atoms with Gasteiger partial charge >= 0.3 is 5.97 Å². The van der Waals surface area contributed by atoms with Crippen molar-refractivity contribution in [1.82, 2.24) is 5.32 Å². The van der Waals surface area contributed by atoms with E-state index in [9.17, 15) is 9.59 Å². The zero-order valence-electron chi connectivity index (χ0n) is 9.70. The molecule has 0 radical (unpaired) electrons. The first-order valence-corrected chi connectivity index (χ1v) is 5.77. The molecule has 0 heterocycles. The zero-order valence-corrected chi connectivity index (χ0v) is 9.70. The SMILES string of the molecule is O=C(O)CNC(=O)COC1C#CCCCCC1. The second kappa shape index (κ2) is 7.69. The highest BCUT2D eigenvalue weighted by atomic mass is 16.5. The van der Waals surface area contributed by atoms with Crippen molar-refractivity contribution in [3.8, 4) is 11.8 Å². The van der Waals surface area contributed by atoms with E-state index in [0.717, 1.165) is 32.1 Å². The summed E-state index contributed by atoms with van der Waals surface area (Å²) in [6.07, 6.45) is 4.82. The second-order valence-electron chi connectivity index (χ2n) is 3.89. The Hall–Kier alpha value is -1.54. The van der Waals surface area contributed by atoms with E-state index in [2.05, 4.69) is 17.2 Å². The number of carbonyl (C=O) groups excluding carboxylic acids is 1. The first kappa shape index (κ1) is 13.5. The third kappa shape index (κ3) is 6.59. The molecular formula is C12H17NO4. The predicted octanol–water partition coefficient (Wildman–Crippen LogP) is 0.540. The van der Waals surface area contributed by atoms with Crippen LogP contribution in [0.3, 0.4) is 0 Å². The Balaban J connectivity index is 2.23. The van der Waals surface area contributed by atoms with E-state index in [1.807, 2.05) is 0 Å². The van der Waals surface area contributed by atoms with Crippen molar-refractivity contribution in [3.63, 3.8) is 0 Å². The average Bonchev–Trinajstić information content (AvgIpc) is 2.24. The molecule has 0 aromatic rings. The molecule has 0 aromatic carbocycles. The lowest BCUT2D eigenvalue weighted by Gasteiger charge is -2.13. The quantitative estimate of drug-likeness (QED) is 0.687. The number of amides is 1. The Morgan fingerprint density at radius 1 is 1.35 bits per heavy atom. The molecule has 1 rings (SSSR count). The molecule has 1 aliphatic carbocycles. The zero-order chi connectivity index (χ0) is 12.5. The van der Waals surface area contributed by atoms with Gasteiger partial charge in [-0.25, -0.2) is 0 Å². The van der Waals surface area contributed by atoms with Crippen LogP contribution in [-0.2, 0) is 14.3 Å². The summed E-state index contributed by atoms with van der Waals surface area (Å²) < 4.78 is 5.33. The molecule has 0 aromatic heterocycles. The summed E-state index contributed by atoms with van der Waals surface area (Å²) in [5, 5.41) is 10.6. The van der Waals surface area contributed by atoms with Crippen LogP contribution >= 0.6 is 0 Å². The lowest BCUT2D eigenvalue weighted by atomic mass is 10.1. The van der Waals surface area contributed by atoms with Gasteiger partial charge in [-0.1, -0.05) is 12.3 Å². The second-order valence-corrected chi connectivity index (χ2v) is 3.89. The summed E-state index contributed by atoms with van der Waals surface area (Å²) in [4.78, 5) is 21.4. The number of carbonyl (C=O) groups is 2. The average molecular weight is 239 g/mol. The fourth-order valence-electron chi connectivity index (χ4n) is 1.50. The molecule has 94 valence electrons. The number of carboxylic acid groups (broad SMARTS) is 1. The molecule has 0 fully saturated rings. The molecule has 5 nitrogen and oxygen atoms in total. The van der Waals surface area contributed by atoms with Crippen molar-refractivity contribution < 1.29 is 19.4 Å². The van der Waals surface area contributed by atoms with Gasteiger partial charge in [-0.3, -0.25) is 9.59 Å². The van der Waals surface area contributed by atoms with E-state index >= 15 is 0 Å². The highest BCUT2D eigenvalue weighted by Gasteiger charge is 2.10. The Morgan fingerprint density at radius 3 is 2.94 bits per heavy atom. The first-order chi connectivity index (χ1) is 8.18. The van der Waals surface area contributed by atoms with Gasteiger partial charge in [0.1, 0.15) is 19.3 Å². The first-order valence-electron chi connectivity index (χ1n) is 5.77. The largest absolute Gasteiger partial charge is 0.480 e. The molecule has 17 heavy (non-hydrogen) atoms. The van der Waals surface area contributed by atoms with Gasteiger partial charge < -0.3 is 15.2 Å². The van der Waals surface area contributed by atoms with Crippen molar-refractivity contribution in [3.05, 3.63) is 0 Å². The summed E-state index contributed by atoms with van der Waals surface area (Å²) in [5.41, 5.74) is 0. The van der Waals surface area contributed by atoms with Crippen LogP contribution in [0, 0.1) is 11.8 Å². The van der Waals surface area contributed by atoms with Gasteiger partial charge in [0.25, 0.3) is 0 Å². The summed E-state index contributed by atoms with van der Waals surface area (Å²) in [6, 6.07) is 0. The fourth-order valence-corrected chi connectivity index (χ4v) is 1.50. The van der Waals surface area contributed by atoms with Crippen molar-refractivity contribution >= 4 is 11.9 Å². The van der Waals surface area contributed by atoms with Crippen molar-refractivity contribution in [2.45, 2.75) is 38.2 Å². The van der Waals surface area contributed by atoms with Gasteiger partial charge in [0.05, 0.1) is 0 Å². The van der Waals surface area contributed by atoms with Gasteiger partial charge in [-0.15, -0.1) is 5.92 Å². The number of aliphatic carboxylic acids is 1. The van der Waals surface area contributed by atoms with Gasteiger partial charge in [-0.05, 0) is 19.3 Å². The molecule has 5 heteroatoms. The summed E-state index contributed by atoms with van der Waals surface area (Å²) >= 11 is 0. The number of hydrogen-bond donors (Lipinski definition) is 2. The molecule has 1 aliphatic rings. The van der Waals surface area contributed by atoms with E-state index < -0.39 is 11.9 Å². The Bertz CT molecular complexity index is 329. The molecule has 2 N–H and O–H groups in total. The van der Waals surface area contributed by atoms with Gasteiger partial charge in [0.15, 0.2) is 0 Å². The Morgan fingerprint density at radius 2 is 2.18 bits per heavy atom. The van der Waals surface area contributed by atoms with E-state index in [0.29, 0.717) is 0 Å². The number of ether oxygens (including phenoxy) is 1. The van der Waals surface area contributed by atoms with Crippen LogP contribution in [0.15, 0.2) is 0 Å². The third-order valence-corrected chi connectivity index (χ3v) is 2.38. The van der Waals surface area contributed by atoms with Crippen molar-refractivity contribution in [2.24, 2.45) is 0 Å². The van der Waals surface area contributed by atoms with Gasteiger partial charge in [-0.2, -0.15) is 0 Å². The lowest BCUT2D eigenvalue weighted by Crippen LogP contribution is -2.33. The smallest absolute Gasteiger partial charge is 0.322 e. The van der Waals surface area contributed by atoms with Crippen LogP contribution in [0.5, 0.6) is 0 Å². The predicted molar refractivity (Wildman–Crippen MR) is 61.2 cm³/mol. The van der Waals surface area contributed by atoms with Crippen LogP contribution < -0.4 is 5.32 Å². The van der Waals surface area contributed by atoms with Gasteiger partial charge in [0, 0.05) is 6.42 Å². The third-order valence-electron chi connectivity index (χ3n) is 2.38. The summed E-state index contributed by atoms with van der Waals surface area (Å²) in [6.45, 7) is -0.509. The maximum Gasteiger partial charge on any atom is 0.322 e. The number of hydrogen-bond acceptors (Lipinski definition) is 3.